The number of carbonyl (C=O) groups excluding carboxylic acids is 2. The third kappa shape index (κ3) is 4.37. The van der Waals surface area contributed by atoms with Crippen LogP contribution < -0.4 is 16.2 Å². The van der Waals surface area contributed by atoms with Crippen LogP contribution >= 0.6 is 11.3 Å². The molecule has 1 aromatic carbocycles. The highest BCUT2D eigenvalue weighted by atomic mass is 32.1. The van der Waals surface area contributed by atoms with E-state index in [1.165, 1.54) is 4.88 Å². The van der Waals surface area contributed by atoms with Gasteiger partial charge in [0.05, 0.1) is 6.04 Å². The van der Waals surface area contributed by atoms with E-state index < -0.39 is 0 Å². The zero-order chi connectivity index (χ0) is 19.8. The quantitative estimate of drug-likeness (QED) is 0.656. The third-order valence-electron chi connectivity index (χ3n) is 5.84. The van der Waals surface area contributed by atoms with E-state index in [4.69, 9.17) is 0 Å². The molecule has 2 aromatic rings. The first-order valence-corrected chi connectivity index (χ1v) is 11.3. The third-order valence-corrected chi connectivity index (χ3v) is 6.83. The van der Waals surface area contributed by atoms with Crippen molar-refractivity contribution in [1.82, 2.24) is 21.1 Å². The summed E-state index contributed by atoms with van der Waals surface area (Å²) >= 11 is 1.71. The molecule has 1 saturated heterocycles. The molecule has 6 nitrogen and oxygen atoms in total. The van der Waals surface area contributed by atoms with Gasteiger partial charge in [0.25, 0.3) is 5.91 Å². The normalized spacial score (nSPS) is 23.7. The van der Waals surface area contributed by atoms with E-state index in [2.05, 4.69) is 27.6 Å². The maximum absolute atomic E-state index is 13.2. The van der Waals surface area contributed by atoms with Crippen molar-refractivity contribution in [2.75, 3.05) is 0 Å². The van der Waals surface area contributed by atoms with E-state index in [9.17, 15) is 9.59 Å². The van der Waals surface area contributed by atoms with E-state index in [1.54, 1.807) is 11.3 Å². The lowest BCUT2D eigenvalue weighted by molar-refractivity contribution is -0.134. The van der Waals surface area contributed by atoms with Crippen molar-refractivity contribution < 1.29 is 9.59 Å². The van der Waals surface area contributed by atoms with Gasteiger partial charge >= 0.3 is 0 Å². The monoisotopic (exact) mass is 410 g/mol. The number of hydrazine groups is 1. The second-order valence-corrected chi connectivity index (χ2v) is 9.27. The molecule has 29 heavy (non-hydrogen) atoms. The van der Waals surface area contributed by atoms with Crippen LogP contribution in [0.5, 0.6) is 0 Å². The number of amides is 2. The molecule has 2 atom stereocenters. The van der Waals surface area contributed by atoms with Gasteiger partial charge in [0.1, 0.15) is 6.04 Å². The highest BCUT2D eigenvalue weighted by Crippen LogP contribution is 2.32. The SMILES string of the molecule is O=C(NC1CC1)c1ccc(CN(C(=O)C2CC(c3cccs3)NN2)C2CC2)cc1. The molecule has 152 valence electrons. The van der Waals surface area contributed by atoms with Gasteiger partial charge in [-0.1, -0.05) is 18.2 Å². The Labute approximate surface area is 174 Å². The van der Waals surface area contributed by atoms with Crippen LogP contribution in [-0.2, 0) is 11.3 Å². The average molecular weight is 411 g/mol. The Morgan fingerprint density at radius 2 is 1.86 bits per heavy atom. The standard InChI is InChI=1S/C22H26N4O2S/c27-21(23-16-7-8-16)15-5-3-14(4-6-15)13-26(17-9-10-17)22(28)19-12-18(24-25-19)20-2-1-11-29-20/h1-6,11,16-19,24-25H,7-10,12-13H2,(H,23,27). The largest absolute Gasteiger partial charge is 0.349 e. The topological polar surface area (TPSA) is 73.5 Å². The number of hydrogen-bond donors (Lipinski definition) is 3. The van der Waals surface area contributed by atoms with Crippen LogP contribution in [0.3, 0.4) is 0 Å². The number of nitrogens with one attached hydrogen (secondary N) is 3. The van der Waals surface area contributed by atoms with Gasteiger partial charge in [0.2, 0.25) is 5.91 Å². The summed E-state index contributed by atoms with van der Waals surface area (Å²) in [6, 6.07) is 12.5. The van der Waals surface area contributed by atoms with Gasteiger partial charge in [0, 0.05) is 29.1 Å². The van der Waals surface area contributed by atoms with E-state index in [1.807, 2.05) is 35.2 Å². The fourth-order valence-corrected chi connectivity index (χ4v) is 4.61. The first-order chi connectivity index (χ1) is 14.2. The van der Waals surface area contributed by atoms with E-state index in [0.717, 1.165) is 37.7 Å². The van der Waals surface area contributed by atoms with Crippen LogP contribution in [0, 0.1) is 0 Å². The van der Waals surface area contributed by atoms with Gasteiger partial charge in [-0.25, -0.2) is 10.9 Å². The van der Waals surface area contributed by atoms with Crippen molar-refractivity contribution in [3.8, 4) is 0 Å². The van der Waals surface area contributed by atoms with E-state index >= 15 is 0 Å². The summed E-state index contributed by atoms with van der Waals surface area (Å²) in [6.07, 6.45) is 5.08. The molecule has 3 fully saturated rings. The first kappa shape index (κ1) is 18.8. The molecule has 0 bridgehead atoms. The average Bonchev–Trinajstić information content (AvgIpc) is 3.63. The smallest absolute Gasteiger partial charge is 0.251 e. The molecule has 1 aromatic heterocycles. The lowest BCUT2D eigenvalue weighted by Gasteiger charge is -2.25. The molecule has 3 N–H and O–H groups in total. The predicted octanol–water partition coefficient (Wildman–Crippen LogP) is 2.74. The molecule has 0 radical (unpaired) electrons. The minimum atomic E-state index is -0.203. The van der Waals surface area contributed by atoms with Gasteiger partial charge in [-0.3, -0.25) is 9.59 Å². The second-order valence-electron chi connectivity index (χ2n) is 8.29. The molecule has 5 rings (SSSR count). The molecule has 7 heteroatoms. The summed E-state index contributed by atoms with van der Waals surface area (Å²) in [5.74, 6) is 0.157. The van der Waals surface area contributed by atoms with Crippen molar-refractivity contribution in [3.63, 3.8) is 0 Å². The highest BCUT2D eigenvalue weighted by molar-refractivity contribution is 7.10. The van der Waals surface area contributed by atoms with Crippen LogP contribution in [-0.4, -0.2) is 34.8 Å². The number of rotatable bonds is 7. The number of carbonyl (C=O) groups is 2. The Balaban J connectivity index is 1.22. The van der Waals surface area contributed by atoms with Crippen LogP contribution in [0.2, 0.25) is 0 Å². The van der Waals surface area contributed by atoms with Gasteiger partial charge in [0.15, 0.2) is 0 Å². The molecule has 0 spiro atoms. The molecule has 2 heterocycles. The second kappa shape index (κ2) is 7.89. The highest BCUT2D eigenvalue weighted by Gasteiger charge is 2.39. The van der Waals surface area contributed by atoms with Crippen molar-refractivity contribution in [1.29, 1.82) is 0 Å². The van der Waals surface area contributed by atoms with Crippen LogP contribution in [0.1, 0.15) is 58.9 Å². The summed E-state index contributed by atoms with van der Waals surface area (Å²) in [6.45, 7) is 0.593. The summed E-state index contributed by atoms with van der Waals surface area (Å²) in [7, 11) is 0. The maximum Gasteiger partial charge on any atom is 0.251 e. The Bertz CT molecular complexity index is 875. The lowest BCUT2D eigenvalue weighted by atomic mass is 10.1. The molecule has 2 amide bonds. The predicted molar refractivity (Wildman–Crippen MR) is 112 cm³/mol. The van der Waals surface area contributed by atoms with Crippen LogP contribution in [0.15, 0.2) is 41.8 Å². The minimum Gasteiger partial charge on any atom is -0.349 e. The fraction of sp³-hybridized carbons (Fsp3) is 0.455. The zero-order valence-corrected chi connectivity index (χ0v) is 17.1. The Morgan fingerprint density at radius 1 is 1.07 bits per heavy atom. The molecular weight excluding hydrogens is 384 g/mol. The molecular formula is C22H26N4O2S. The van der Waals surface area contributed by atoms with Crippen LogP contribution in [0.25, 0.3) is 0 Å². The lowest BCUT2D eigenvalue weighted by Crippen LogP contribution is -2.46. The van der Waals surface area contributed by atoms with Gasteiger partial charge < -0.3 is 10.2 Å². The van der Waals surface area contributed by atoms with E-state index in [0.29, 0.717) is 24.2 Å². The fourth-order valence-electron chi connectivity index (χ4n) is 3.82. The number of thiophene rings is 1. The van der Waals surface area contributed by atoms with Gasteiger partial charge in [-0.15, -0.1) is 11.3 Å². The molecule has 2 aliphatic carbocycles. The van der Waals surface area contributed by atoms with Crippen molar-refractivity contribution >= 4 is 23.2 Å². The summed E-state index contributed by atoms with van der Waals surface area (Å²) in [4.78, 5) is 28.6. The molecule has 3 aliphatic rings. The zero-order valence-electron chi connectivity index (χ0n) is 16.3. The summed E-state index contributed by atoms with van der Waals surface area (Å²) in [5.41, 5.74) is 8.23. The van der Waals surface area contributed by atoms with Gasteiger partial charge in [-0.05, 0) is 61.2 Å². The molecule has 2 saturated carbocycles. The number of nitrogens with zero attached hydrogens (tertiary/aromatic N) is 1. The summed E-state index contributed by atoms with van der Waals surface area (Å²) in [5, 5.41) is 5.08. The number of benzene rings is 1. The summed E-state index contributed by atoms with van der Waals surface area (Å²) < 4.78 is 0. The first-order valence-electron chi connectivity index (χ1n) is 10.4. The Morgan fingerprint density at radius 3 is 2.52 bits per heavy atom. The van der Waals surface area contributed by atoms with E-state index in [-0.39, 0.29) is 23.9 Å². The van der Waals surface area contributed by atoms with Gasteiger partial charge in [-0.2, -0.15) is 0 Å². The molecule has 2 unspecified atom stereocenters. The molecule has 1 aliphatic heterocycles. The van der Waals surface area contributed by atoms with Crippen LogP contribution in [0.4, 0.5) is 0 Å². The number of hydrogen-bond acceptors (Lipinski definition) is 5. The van der Waals surface area contributed by atoms with Crippen molar-refractivity contribution in [2.45, 2.75) is 62.8 Å². The minimum absolute atomic E-state index is 0.00461. The van der Waals surface area contributed by atoms with Crippen molar-refractivity contribution in [2.24, 2.45) is 0 Å². The Hall–Kier alpha value is -2.22. The maximum atomic E-state index is 13.2. The Kier molecular flexibility index (Phi) is 5.11. The van der Waals surface area contributed by atoms with Crippen molar-refractivity contribution in [3.05, 3.63) is 57.8 Å².